The second kappa shape index (κ2) is 12.9. The average Bonchev–Trinajstić information content (AvgIpc) is 3.61. The van der Waals surface area contributed by atoms with Crippen LogP contribution in [-0.4, -0.2) is 68.0 Å². The predicted octanol–water partition coefficient (Wildman–Crippen LogP) is 6.33. The van der Waals surface area contributed by atoms with Gasteiger partial charge < -0.3 is 19.9 Å². The van der Waals surface area contributed by atoms with Crippen LogP contribution in [0.1, 0.15) is 95.7 Å². The summed E-state index contributed by atoms with van der Waals surface area (Å²) in [5, 5.41) is 20.2. The van der Waals surface area contributed by atoms with Crippen molar-refractivity contribution in [3.8, 4) is 5.75 Å². The highest BCUT2D eigenvalue weighted by molar-refractivity contribution is 5.88. The molecule has 3 aromatic heterocycles. The molecule has 4 unspecified atom stereocenters. The lowest BCUT2D eigenvalue weighted by molar-refractivity contribution is 0.171. The van der Waals surface area contributed by atoms with Gasteiger partial charge in [0.05, 0.1) is 24.5 Å². The van der Waals surface area contributed by atoms with Crippen molar-refractivity contribution in [3.63, 3.8) is 0 Å². The number of benzene rings is 1. The molecule has 0 saturated carbocycles. The molecule has 1 saturated heterocycles. The fourth-order valence-electron chi connectivity index (χ4n) is 6.77. The molecule has 6 rings (SSSR count). The van der Waals surface area contributed by atoms with Crippen LogP contribution < -0.4 is 20.3 Å². The number of fused-ring (bicyclic) bond motifs is 2. The first-order valence-electron chi connectivity index (χ1n) is 16.7. The Morgan fingerprint density at radius 1 is 1.00 bits per heavy atom. The lowest BCUT2D eigenvalue weighted by Gasteiger charge is -2.39. The number of carbonyl (C=O) groups is 1. The van der Waals surface area contributed by atoms with Crippen LogP contribution in [0.5, 0.6) is 5.75 Å². The van der Waals surface area contributed by atoms with Gasteiger partial charge in [-0.25, -0.2) is 9.48 Å². The third kappa shape index (κ3) is 6.70. The maximum absolute atomic E-state index is 13.4. The zero-order chi connectivity index (χ0) is 32.6. The highest BCUT2D eigenvalue weighted by Crippen LogP contribution is 2.39. The van der Waals surface area contributed by atoms with Crippen LogP contribution >= 0.6 is 0 Å². The van der Waals surface area contributed by atoms with Crippen LogP contribution in [0.3, 0.4) is 0 Å². The SMILES string of the molecule is CC1CCCC(C)N1c1nnc2ccc(OC3CCC(NC(=O)Nc4cc(C(C)(C)C)nn4CCN(C)C)c4ccccc43)cn12. The Morgan fingerprint density at radius 3 is 2.46 bits per heavy atom. The van der Waals surface area contributed by atoms with Gasteiger partial charge in [0.1, 0.15) is 17.7 Å². The van der Waals surface area contributed by atoms with Gasteiger partial charge in [0, 0.05) is 30.1 Å². The first kappa shape index (κ1) is 31.8. The molecule has 1 fully saturated rings. The summed E-state index contributed by atoms with van der Waals surface area (Å²) in [5.41, 5.74) is 3.80. The summed E-state index contributed by atoms with van der Waals surface area (Å²) < 4.78 is 10.6. The first-order valence-corrected chi connectivity index (χ1v) is 16.7. The molecule has 0 spiro atoms. The van der Waals surface area contributed by atoms with E-state index < -0.39 is 0 Å². The smallest absolute Gasteiger partial charge is 0.320 e. The summed E-state index contributed by atoms with van der Waals surface area (Å²) >= 11 is 0. The van der Waals surface area contributed by atoms with Crippen molar-refractivity contribution >= 4 is 23.4 Å². The quantitative estimate of drug-likeness (QED) is 0.235. The largest absolute Gasteiger partial charge is 0.484 e. The van der Waals surface area contributed by atoms with Crippen LogP contribution in [0.2, 0.25) is 0 Å². The molecule has 2 aliphatic rings. The Labute approximate surface area is 272 Å². The number of urea groups is 1. The van der Waals surface area contributed by atoms with E-state index in [2.05, 4.69) is 81.8 Å². The Bertz CT molecular complexity index is 1660. The molecule has 46 heavy (non-hydrogen) atoms. The maximum Gasteiger partial charge on any atom is 0.320 e. The molecular formula is C35H49N9O2. The zero-order valence-corrected chi connectivity index (χ0v) is 28.3. The molecule has 246 valence electrons. The average molecular weight is 628 g/mol. The Hall–Kier alpha value is -4.12. The van der Waals surface area contributed by atoms with Gasteiger partial charge in [0.2, 0.25) is 5.95 Å². The number of ether oxygens (including phenoxy) is 1. The van der Waals surface area contributed by atoms with Gasteiger partial charge in [-0.05, 0) is 83.3 Å². The number of pyridine rings is 1. The van der Waals surface area contributed by atoms with Crippen molar-refractivity contribution in [1.29, 1.82) is 0 Å². The highest BCUT2D eigenvalue weighted by atomic mass is 16.5. The minimum absolute atomic E-state index is 0.127. The van der Waals surface area contributed by atoms with E-state index in [0.29, 0.717) is 24.4 Å². The number of nitrogens with one attached hydrogen (secondary N) is 2. The monoisotopic (exact) mass is 627 g/mol. The van der Waals surface area contributed by atoms with E-state index in [0.717, 1.165) is 66.4 Å². The van der Waals surface area contributed by atoms with Crippen molar-refractivity contribution in [1.82, 2.24) is 34.6 Å². The number of aromatic nitrogens is 5. The molecule has 1 aliphatic heterocycles. The van der Waals surface area contributed by atoms with Gasteiger partial charge in [0.25, 0.3) is 0 Å². The fraction of sp³-hybridized carbons (Fsp3) is 0.543. The van der Waals surface area contributed by atoms with E-state index >= 15 is 0 Å². The van der Waals surface area contributed by atoms with Gasteiger partial charge in [-0.15, -0.1) is 10.2 Å². The maximum atomic E-state index is 13.4. The molecule has 1 aliphatic carbocycles. The second-order valence-corrected chi connectivity index (χ2v) is 14.3. The van der Waals surface area contributed by atoms with E-state index in [9.17, 15) is 4.79 Å². The van der Waals surface area contributed by atoms with Crippen LogP contribution in [0.25, 0.3) is 5.65 Å². The molecule has 0 bridgehead atoms. The molecule has 1 aromatic carbocycles. The second-order valence-electron chi connectivity index (χ2n) is 14.3. The van der Waals surface area contributed by atoms with Gasteiger partial charge in [0.15, 0.2) is 5.65 Å². The number of hydrogen-bond donors (Lipinski definition) is 2. The Kier molecular flexibility index (Phi) is 8.96. The van der Waals surface area contributed by atoms with Gasteiger partial charge in [-0.2, -0.15) is 5.10 Å². The van der Waals surface area contributed by atoms with Crippen molar-refractivity contribution in [2.75, 3.05) is 30.9 Å². The first-order chi connectivity index (χ1) is 22.0. The van der Waals surface area contributed by atoms with Crippen molar-refractivity contribution in [2.45, 2.75) is 103 Å². The topological polar surface area (TPSA) is 105 Å². The number of rotatable bonds is 8. The number of hydrogen-bond acceptors (Lipinski definition) is 7. The number of anilines is 2. The minimum atomic E-state index is -0.239. The van der Waals surface area contributed by atoms with Gasteiger partial charge in [-0.3, -0.25) is 9.72 Å². The molecule has 2 N–H and O–H groups in total. The standard InChI is InChI=1S/C35H49N9O2/c1-23-11-10-12-24(2)44(23)34-39-38-31-18-15-25(22-42(31)34)46-29-17-16-28(26-13-8-9-14-27(26)29)36-33(45)37-32-21-30(35(3,4)5)40-43(32)20-19-41(6)7/h8-9,13-15,18,21-24,28-29H,10-12,16-17,19-20H2,1-7H3,(H2,36,37,45). The lowest BCUT2D eigenvalue weighted by atomic mass is 9.85. The molecule has 4 aromatic rings. The zero-order valence-electron chi connectivity index (χ0n) is 28.3. The van der Waals surface area contributed by atoms with Crippen molar-refractivity contribution in [3.05, 3.63) is 65.5 Å². The summed E-state index contributed by atoms with van der Waals surface area (Å²) in [6, 6.07) is 14.6. The summed E-state index contributed by atoms with van der Waals surface area (Å²) in [4.78, 5) is 17.9. The molecule has 4 heterocycles. The number of likely N-dealkylation sites (N-methyl/N-ethyl adjacent to an activating group) is 1. The third-order valence-corrected chi connectivity index (χ3v) is 9.35. The molecule has 11 nitrogen and oxygen atoms in total. The van der Waals surface area contributed by atoms with Crippen LogP contribution in [0.4, 0.5) is 16.6 Å². The predicted molar refractivity (Wildman–Crippen MR) is 182 cm³/mol. The highest BCUT2D eigenvalue weighted by Gasteiger charge is 2.31. The van der Waals surface area contributed by atoms with E-state index in [1.807, 2.05) is 55.3 Å². The number of piperidine rings is 1. The molecule has 4 atom stereocenters. The lowest BCUT2D eigenvalue weighted by Crippen LogP contribution is -2.44. The van der Waals surface area contributed by atoms with E-state index in [4.69, 9.17) is 9.84 Å². The number of amides is 2. The van der Waals surface area contributed by atoms with Crippen LogP contribution in [0.15, 0.2) is 48.7 Å². The number of nitrogens with zero attached hydrogens (tertiary/aromatic N) is 7. The van der Waals surface area contributed by atoms with Gasteiger partial charge >= 0.3 is 6.03 Å². The molecule has 11 heteroatoms. The molecule has 0 radical (unpaired) electrons. The minimum Gasteiger partial charge on any atom is -0.484 e. The Morgan fingerprint density at radius 2 is 1.74 bits per heavy atom. The summed E-state index contributed by atoms with van der Waals surface area (Å²) in [5.74, 6) is 2.35. The fourth-order valence-corrected chi connectivity index (χ4v) is 6.77. The third-order valence-electron chi connectivity index (χ3n) is 9.35. The summed E-state index contributed by atoms with van der Waals surface area (Å²) in [7, 11) is 4.07. The Balaban J connectivity index is 1.18. The van der Waals surface area contributed by atoms with Gasteiger partial charge in [-0.1, -0.05) is 45.0 Å². The number of carbonyl (C=O) groups excluding carboxylic acids is 1. The molecular weight excluding hydrogens is 578 g/mol. The van der Waals surface area contributed by atoms with Crippen molar-refractivity contribution < 1.29 is 9.53 Å². The van der Waals surface area contributed by atoms with E-state index in [1.165, 1.54) is 6.42 Å². The van der Waals surface area contributed by atoms with Crippen LogP contribution in [-0.2, 0) is 12.0 Å². The van der Waals surface area contributed by atoms with E-state index in [1.54, 1.807) is 0 Å². The normalized spacial score (nSPS) is 21.8. The van der Waals surface area contributed by atoms with E-state index in [-0.39, 0.29) is 23.6 Å². The summed E-state index contributed by atoms with van der Waals surface area (Å²) in [6.07, 6.45) is 6.95. The van der Waals surface area contributed by atoms with Crippen molar-refractivity contribution in [2.24, 2.45) is 0 Å². The van der Waals surface area contributed by atoms with Crippen LogP contribution in [0, 0.1) is 0 Å². The summed E-state index contributed by atoms with van der Waals surface area (Å²) in [6.45, 7) is 12.4. The molecule has 2 amide bonds.